The third-order valence-corrected chi connectivity index (χ3v) is 1.99. The second-order valence-electron chi connectivity index (χ2n) is 5.01. The lowest BCUT2D eigenvalue weighted by atomic mass is 10.2. The number of carbonyl (C=O) groups excluding carboxylic acids is 2. The number of aromatic nitrogens is 1. The van der Waals surface area contributed by atoms with Crippen LogP contribution in [0.2, 0.25) is 0 Å². The Morgan fingerprint density at radius 3 is 2.19 bits per heavy atom. The normalized spacial score (nSPS) is 11.7. The summed E-state index contributed by atoms with van der Waals surface area (Å²) >= 11 is 0. The fraction of sp³-hybridized carbons (Fsp3) is 0.417. The van der Waals surface area contributed by atoms with Crippen molar-refractivity contribution >= 4 is 12.0 Å². The van der Waals surface area contributed by atoms with Gasteiger partial charge in [0.1, 0.15) is 11.3 Å². The van der Waals surface area contributed by atoms with E-state index >= 15 is 0 Å². The SMILES string of the molecule is CC(C)(C)OC(=O)NNC(=O)c1ccc(C(F)(F)F)nc1. The Hall–Kier alpha value is -2.32. The smallest absolute Gasteiger partial charge is 0.433 e. The largest absolute Gasteiger partial charge is 0.443 e. The lowest BCUT2D eigenvalue weighted by molar-refractivity contribution is -0.141. The van der Waals surface area contributed by atoms with Crippen molar-refractivity contribution in [2.24, 2.45) is 0 Å². The van der Waals surface area contributed by atoms with Gasteiger partial charge in [-0.15, -0.1) is 0 Å². The Balaban J connectivity index is 2.59. The lowest BCUT2D eigenvalue weighted by Gasteiger charge is -2.19. The van der Waals surface area contributed by atoms with Crippen LogP contribution in [-0.2, 0) is 10.9 Å². The van der Waals surface area contributed by atoms with E-state index in [0.29, 0.717) is 6.07 Å². The highest BCUT2D eigenvalue weighted by Crippen LogP contribution is 2.27. The summed E-state index contributed by atoms with van der Waals surface area (Å²) in [5.41, 5.74) is 1.97. The quantitative estimate of drug-likeness (QED) is 0.780. The number of alkyl halides is 3. The number of ether oxygens (including phenoxy) is 1. The summed E-state index contributed by atoms with van der Waals surface area (Å²) in [5, 5.41) is 0. The summed E-state index contributed by atoms with van der Waals surface area (Å²) in [7, 11) is 0. The summed E-state index contributed by atoms with van der Waals surface area (Å²) in [6.07, 6.45) is -4.71. The van der Waals surface area contributed by atoms with Gasteiger partial charge in [0, 0.05) is 6.20 Å². The maximum atomic E-state index is 12.3. The van der Waals surface area contributed by atoms with Crippen molar-refractivity contribution in [3.8, 4) is 0 Å². The zero-order chi connectivity index (χ0) is 16.3. The molecule has 0 aromatic carbocycles. The third kappa shape index (κ3) is 5.67. The average molecular weight is 305 g/mol. The summed E-state index contributed by atoms with van der Waals surface area (Å²) in [6.45, 7) is 4.90. The first-order valence-electron chi connectivity index (χ1n) is 5.81. The van der Waals surface area contributed by atoms with Crippen molar-refractivity contribution < 1.29 is 27.5 Å². The Morgan fingerprint density at radius 2 is 1.76 bits per heavy atom. The molecule has 1 aromatic heterocycles. The van der Waals surface area contributed by atoms with Crippen molar-refractivity contribution in [2.45, 2.75) is 32.5 Å². The fourth-order valence-corrected chi connectivity index (χ4v) is 1.18. The van der Waals surface area contributed by atoms with E-state index in [9.17, 15) is 22.8 Å². The molecule has 2 amide bonds. The molecule has 116 valence electrons. The Bertz CT molecular complexity index is 521. The molecule has 2 N–H and O–H groups in total. The van der Waals surface area contributed by atoms with Gasteiger partial charge in [-0.1, -0.05) is 0 Å². The van der Waals surface area contributed by atoms with Crippen LogP contribution in [0, 0.1) is 0 Å². The van der Waals surface area contributed by atoms with E-state index in [1.165, 1.54) is 0 Å². The predicted molar refractivity (Wildman–Crippen MR) is 66.1 cm³/mol. The third-order valence-electron chi connectivity index (χ3n) is 1.99. The van der Waals surface area contributed by atoms with Gasteiger partial charge in [-0.05, 0) is 32.9 Å². The van der Waals surface area contributed by atoms with Gasteiger partial charge >= 0.3 is 12.3 Å². The molecule has 0 saturated carbocycles. The molecule has 0 aliphatic rings. The first-order valence-corrected chi connectivity index (χ1v) is 5.81. The van der Waals surface area contributed by atoms with Crippen molar-refractivity contribution in [2.75, 3.05) is 0 Å². The van der Waals surface area contributed by atoms with Crippen LogP contribution in [0.4, 0.5) is 18.0 Å². The van der Waals surface area contributed by atoms with Gasteiger partial charge in [-0.3, -0.25) is 15.2 Å². The molecule has 0 saturated heterocycles. The fourth-order valence-electron chi connectivity index (χ4n) is 1.18. The number of amides is 2. The van der Waals surface area contributed by atoms with E-state index in [1.807, 2.05) is 10.9 Å². The predicted octanol–water partition coefficient (Wildman–Crippen LogP) is 2.27. The number of nitrogens with zero attached hydrogens (tertiary/aromatic N) is 1. The minimum atomic E-state index is -4.58. The molecule has 1 aromatic rings. The van der Waals surface area contributed by atoms with Gasteiger partial charge in [-0.25, -0.2) is 10.2 Å². The number of nitrogens with one attached hydrogen (secondary N) is 2. The molecule has 0 spiro atoms. The van der Waals surface area contributed by atoms with E-state index in [2.05, 4.69) is 4.98 Å². The van der Waals surface area contributed by atoms with Gasteiger partial charge in [0.05, 0.1) is 5.56 Å². The van der Waals surface area contributed by atoms with Crippen LogP contribution in [0.1, 0.15) is 36.8 Å². The van der Waals surface area contributed by atoms with E-state index in [-0.39, 0.29) is 5.56 Å². The molecule has 1 rings (SSSR count). The number of pyridine rings is 1. The number of hydrogen-bond acceptors (Lipinski definition) is 4. The van der Waals surface area contributed by atoms with Crippen molar-refractivity contribution in [3.63, 3.8) is 0 Å². The van der Waals surface area contributed by atoms with Gasteiger partial charge in [0.25, 0.3) is 5.91 Å². The number of halogens is 3. The molecule has 9 heteroatoms. The molecule has 0 aliphatic carbocycles. The highest BCUT2D eigenvalue weighted by Gasteiger charge is 2.32. The van der Waals surface area contributed by atoms with Crippen molar-refractivity contribution in [1.29, 1.82) is 0 Å². The summed E-state index contributed by atoms with van der Waals surface area (Å²) in [4.78, 5) is 26.0. The highest BCUT2D eigenvalue weighted by molar-refractivity contribution is 5.94. The summed E-state index contributed by atoms with van der Waals surface area (Å²) < 4.78 is 41.7. The molecule has 6 nitrogen and oxygen atoms in total. The number of hydrazine groups is 1. The van der Waals surface area contributed by atoms with Crippen LogP contribution in [-0.4, -0.2) is 22.6 Å². The van der Waals surface area contributed by atoms with Gasteiger partial charge in [0.2, 0.25) is 0 Å². The minimum Gasteiger partial charge on any atom is -0.443 e. The monoisotopic (exact) mass is 305 g/mol. The highest BCUT2D eigenvalue weighted by atomic mass is 19.4. The molecule has 0 fully saturated rings. The van der Waals surface area contributed by atoms with Crippen LogP contribution < -0.4 is 10.9 Å². The Labute approximate surface area is 118 Å². The van der Waals surface area contributed by atoms with Crippen LogP contribution in [0.25, 0.3) is 0 Å². The first-order chi connectivity index (χ1) is 9.49. The van der Waals surface area contributed by atoms with Gasteiger partial charge in [-0.2, -0.15) is 13.2 Å². The van der Waals surface area contributed by atoms with Gasteiger partial charge in [0.15, 0.2) is 0 Å². The summed E-state index contributed by atoms with van der Waals surface area (Å²) in [5.74, 6) is -0.818. The zero-order valence-electron chi connectivity index (χ0n) is 11.5. The van der Waals surface area contributed by atoms with Crippen LogP contribution >= 0.6 is 0 Å². The molecule has 0 atom stereocenters. The van der Waals surface area contributed by atoms with Crippen LogP contribution in [0.15, 0.2) is 18.3 Å². The topological polar surface area (TPSA) is 80.3 Å². The van der Waals surface area contributed by atoms with E-state index in [1.54, 1.807) is 20.8 Å². The van der Waals surface area contributed by atoms with Crippen LogP contribution in [0.5, 0.6) is 0 Å². The number of carbonyl (C=O) groups is 2. The molecule has 0 radical (unpaired) electrons. The van der Waals surface area contributed by atoms with E-state index in [0.717, 1.165) is 12.3 Å². The lowest BCUT2D eigenvalue weighted by Crippen LogP contribution is -2.44. The second kappa shape index (κ2) is 5.98. The standard InChI is InChI=1S/C12H14F3N3O3/c1-11(2,3)21-10(20)18-17-9(19)7-4-5-8(16-6-7)12(13,14)15/h4-6H,1-3H3,(H,17,19)(H,18,20). The molecular formula is C12H14F3N3O3. The van der Waals surface area contributed by atoms with E-state index in [4.69, 9.17) is 4.74 Å². The van der Waals surface area contributed by atoms with Crippen molar-refractivity contribution in [3.05, 3.63) is 29.6 Å². The van der Waals surface area contributed by atoms with Crippen molar-refractivity contribution in [1.82, 2.24) is 15.8 Å². The first kappa shape index (κ1) is 16.7. The Morgan fingerprint density at radius 1 is 1.14 bits per heavy atom. The number of rotatable bonds is 1. The maximum Gasteiger partial charge on any atom is 0.433 e. The second-order valence-corrected chi connectivity index (χ2v) is 5.01. The number of hydrogen-bond donors (Lipinski definition) is 2. The molecular weight excluding hydrogens is 291 g/mol. The molecule has 1 heterocycles. The maximum absolute atomic E-state index is 12.3. The minimum absolute atomic E-state index is 0.140. The Kier molecular flexibility index (Phi) is 4.77. The van der Waals surface area contributed by atoms with Gasteiger partial charge < -0.3 is 4.74 Å². The molecule has 21 heavy (non-hydrogen) atoms. The molecule has 0 aliphatic heterocycles. The average Bonchev–Trinajstić information content (AvgIpc) is 2.33. The molecule has 0 unspecified atom stereocenters. The molecule has 0 bridgehead atoms. The summed E-state index contributed by atoms with van der Waals surface area (Å²) in [6, 6.07) is 1.62. The zero-order valence-corrected chi connectivity index (χ0v) is 11.5. The van der Waals surface area contributed by atoms with Crippen LogP contribution in [0.3, 0.4) is 0 Å². The van der Waals surface area contributed by atoms with E-state index < -0.39 is 29.5 Å².